The summed E-state index contributed by atoms with van der Waals surface area (Å²) in [5.74, 6) is 0.971. The molecule has 2 aromatic heterocycles. The van der Waals surface area contributed by atoms with E-state index in [1.807, 2.05) is 73.1 Å². The van der Waals surface area contributed by atoms with Crippen LogP contribution in [0.5, 0.6) is 5.75 Å². The van der Waals surface area contributed by atoms with Crippen molar-refractivity contribution < 1.29 is 19.1 Å². The van der Waals surface area contributed by atoms with Crippen LogP contribution in [0.2, 0.25) is 0 Å². The van der Waals surface area contributed by atoms with Gasteiger partial charge in [0.1, 0.15) is 22.1 Å². The van der Waals surface area contributed by atoms with Gasteiger partial charge in [-0.15, -0.1) is 21.5 Å². The SMILES string of the molecule is COC(=O)c1c(NC(=O)CSc2nnc(Cc3ccc(OC)cc3)n2C)sc(C)c1-c1ccccc1. The summed E-state index contributed by atoms with van der Waals surface area (Å²) in [4.78, 5) is 26.4. The fraction of sp³-hybridized carbons (Fsp3) is 0.231. The Morgan fingerprint density at radius 3 is 2.44 bits per heavy atom. The molecule has 8 nitrogen and oxygen atoms in total. The number of amides is 1. The van der Waals surface area contributed by atoms with Gasteiger partial charge in [-0.25, -0.2) is 4.79 Å². The molecule has 0 radical (unpaired) electrons. The molecule has 1 amide bonds. The zero-order valence-corrected chi connectivity index (χ0v) is 22.0. The number of ether oxygens (including phenoxy) is 2. The number of aryl methyl sites for hydroxylation is 1. The fourth-order valence-electron chi connectivity index (χ4n) is 3.73. The third kappa shape index (κ3) is 5.60. The van der Waals surface area contributed by atoms with E-state index in [1.54, 1.807) is 7.11 Å². The van der Waals surface area contributed by atoms with Crippen molar-refractivity contribution in [2.24, 2.45) is 7.05 Å². The third-order valence-electron chi connectivity index (χ3n) is 5.57. The first-order valence-corrected chi connectivity index (χ1v) is 12.9. The molecule has 4 rings (SSSR count). The molecule has 36 heavy (non-hydrogen) atoms. The summed E-state index contributed by atoms with van der Waals surface area (Å²) >= 11 is 2.64. The highest BCUT2D eigenvalue weighted by molar-refractivity contribution is 7.99. The first-order chi connectivity index (χ1) is 17.4. The number of aromatic nitrogens is 3. The molecule has 0 saturated heterocycles. The molecule has 0 aliphatic rings. The minimum Gasteiger partial charge on any atom is -0.497 e. The number of nitrogens with zero attached hydrogens (tertiary/aromatic N) is 3. The maximum atomic E-state index is 12.8. The standard InChI is InChI=1S/C26H26N4O4S2/c1-16-22(18-8-6-5-7-9-18)23(25(32)34-4)24(36-16)27-21(31)15-35-26-29-28-20(30(26)2)14-17-10-12-19(33-3)13-11-17/h5-13H,14-15H2,1-4H3,(H,27,31). The predicted molar refractivity (Wildman–Crippen MR) is 142 cm³/mol. The van der Waals surface area contributed by atoms with Crippen molar-refractivity contribution in [1.82, 2.24) is 14.8 Å². The number of carbonyl (C=O) groups excluding carboxylic acids is 2. The molecule has 0 aliphatic heterocycles. The van der Waals surface area contributed by atoms with E-state index < -0.39 is 5.97 Å². The van der Waals surface area contributed by atoms with E-state index in [1.165, 1.54) is 30.2 Å². The quantitative estimate of drug-likeness (QED) is 0.245. The average molecular weight is 523 g/mol. The summed E-state index contributed by atoms with van der Waals surface area (Å²) < 4.78 is 12.1. The van der Waals surface area contributed by atoms with Crippen molar-refractivity contribution in [3.8, 4) is 16.9 Å². The van der Waals surface area contributed by atoms with Crippen molar-refractivity contribution in [2.45, 2.75) is 18.5 Å². The Bertz CT molecular complexity index is 1360. The van der Waals surface area contributed by atoms with Crippen molar-refractivity contribution in [3.63, 3.8) is 0 Å². The number of hydrogen-bond acceptors (Lipinski definition) is 8. The first-order valence-electron chi connectivity index (χ1n) is 11.1. The Labute approximate surface area is 217 Å². The Balaban J connectivity index is 1.45. The summed E-state index contributed by atoms with van der Waals surface area (Å²) in [6.45, 7) is 1.92. The summed E-state index contributed by atoms with van der Waals surface area (Å²) in [5, 5.41) is 12.5. The topological polar surface area (TPSA) is 95.3 Å². The van der Waals surface area contributed by atoms with Crippen LogP contribution >= 0.6 is 23.1 Å². The average Bonchev–Trinajstić information content (AvgIpc) is 3.41. The van der Waals surface area contributed by atoms with Crippen LogP contribution < -0.4 is 10.1 Å². The van der Waals surface area contributed by atoms with Crippen LogP contribution in [0.25, 0.3) is 11.1 Å². The van der Waals surface area contributed by atoms with Crippen LogP contribution in [-0.4, -0.2) is 46.6 Å². The molecule has 10 heteroatoms. The second-order valence-electron chi connectivity index (χ2n) is 7.91. The maximum absolute atomic E-state index is 12.8. The van der Waals surface area contributed by atoms with E-state index in [2.05, 4.69) is 15.5 Å². The van der Waals surface area contributed by atoms with Crippen LogP contribution in [0.1, 0.15) is 26.6 Å². The van der Waals surface area contributed by atoms with Gasteiger partial charge < -0.3 is 19.4 Å². The number of hydrogen-bond donors (Lipinski definition) is 1. The summed E-state index contributed by atoms with van der Waals surface area (Å²) in [6, 6.07) is 17.4. The number of thiophene rings is 1. The van der Waals surface area contributed by atoms with Gasteiger partial charge >= 0.3 is 5.97 Å². The molecule has 0 atom stereocenters. The zero-order chi connectivity index (χ0) is 25.7. The summed E-state index contributed by atoms with van der Waals surface area (Å²) in [6.07, 6.45) is 0.611. The smallest absolute Gasteiger partial charge is 0.341 e. The van der Waals surface area contributed by atoms with Gasteiger partial charge in [0.25, 0.3) is 0 Å². The van der Waals surface area contributed by atoms with Gasteiger partial charge in [-0.2, -0.15) is 0 Å². The lowest BCUT2D eigenvalue weighted by molar-refractivity contribution is -0.113. The molecule has 0 bridgehead atoms. The Morgan fingerprint density at radius 2 is 1.78 bits per heavy atom. The van der Waals surface area contributed by atoms with Gasteiger partial charge in [0.15, 0.2) is 5.16 Å². The first kappa shape index (κ1) is 25.5. The molecular weight excluding hydrogens is 496 g/mol. The number of anilines is 1. The minimum atomic E-state index is -0.488. The van der Waals surface area contributed by atoms with Crippen LogP contribution in [0.3, 0.4) is 0 Å². The van der Waals surface area contributed by atoms with Crippen LogP contribution in [0.15, 0.2) is 59.8 Å². The van der Waals surface area contributed by atoms with E-state index >= 15 is 0 Å². The maximum Gasteiger partial charge on any atom is 0.341 e. The van der Waals surface area contributed by atoms with Crippen molar-refractivity contribution in [3.05, 3.63) is 76.4 Å². The van der Waals surface area contributed by atoms with E-state index in [4.69, 9.17) is 9.47 Å². The highest BCUT2D eigenvalue weighted by Gasteiger charge is 2.25. The number of methoxy groups -OCH3 is 2. The van der Waals surface area contributed by atoms with E-state index in [-0.39, 0.29) is 11.7 Å². The molecule has 0 spiro atoms. The molecule has 2 heterocycles. The molecule has 1 N–H and O–H groups in total. The van der Waals surface area contributed by atoms with E-state index in [0.717, 1.165) is 33.1 Å². The number of rotatable bonds is 9. The largest absolute Gasteiger partial charge is 0.497 e. The van der Waals surface area contributed by atoms with Crippen LogP contribution in [0, 0.1) is 6.92 Å². The molecule has 0 aliphatic carbocycles. The van der Waals surface area contributed by atoms with Gasteiger partial charge in [-0.3, -0.25) is 4.79 Å². The van der Waals surface area contributed by atoms with E-state index in [0.29, 0.717) is 22.1 Å². The lowest BCUT2D eigenvalue weighted by Crippen LogP contribution is -2.16. The molecule has 0 unspecified atom stereocenters. The number of esters is 1. The lowest BCUT2D eigenvalue weighted by atomic mass is 10.0. The second kappa shape index (κ2) is 11.4. The number of carbonyl (C=O) groups is 2. The summed E-state index contributed by atoms with van der Waals surface area (Å²) in [5.41, 5.74) is 3.11. The molecule has 0 fully saturated rings. The lowest BCUT2D eigenvalue weighted by Gasteiger charge is -2.08. The van der Waals surface area contributed by atoms with Crippen molar-refractivity contribution in [1.29, 1.82) is 0 Å². The number of benzene rings is 2. The van der Waals surface area contributed by atoms with E-state index in [9.17, 15) is 9.59 Å². The van der Waals surface area contributed by atoms with Gasteiger partial charge in [-0.05, 0) is 30.2 Å². The Hall–Kier alpha value is -3.63. The normalized spacial score (nSPS) is 10.8. The Kier molecular flexibility index (Phi) is 8.07. The fourth-order valence-corrected chi connectivity index (χ4v) is 5.54. The number of thioether (sulfide) groups is 1. The highest BCUT2D eigenvalue weighted by atomic mass is 32.2. The number of nitrogens with one attached hydrogen (secondary N) is 1. The molecule has 2 aromatic carbocycles. The van der Waals surface area contributed by atoms with Crippen molar-refractivity contribution in [2.75, 3.05) is 25.3 Å². The Morgan fingerprint density at radius 1 is 1.06 bits per heavy atom. The van der Waals surface area contributed by atoms with Crippen LogP contribution in [0.4, 0.5) is 5.00 Å². The predicted octanol–water partition coefficient (Wildman–Crippen LogP) is 4.97. The molecular formula is C26H26N4O4S2. The zero-order valence-electron chi connectivity index (χ0n) is 20.4. The molecule has 186 valence electrons. The second-order valence-corrected chi connectivity index (χ2v) is 10.1. The van der Waals surface area contributed by atoms with Crippen LogP contribution in [-0.2, 0) is 23.0 Å². The van der Waals surface area contributed by atoms with Gasteiger partial charge in [0.2, 0.25) is 5.91 Å². The van der Waals surface area contributed by atoms with Gasteiger partial charge in [-0.1, -0.05) is 54.2 Å². The summed E-state index contributed by atoms with van der Waals surface area (Å²) in [7, 11) is 4.85. The highest BCUT2D eigenvalue weighted by Crippen LogP contribution is 2.40. The molecule has 0 saturated carbocycles. The van der Waals surface area contributed by atoms with Gasteiger partial charge in [0.05, 0.1) is 20.0 Å². The van der Waals surface area contributed by atoms with Crippen molar-refractivity contribution >= 4 is 40.0 Å². The molecule has 4 aromatic rings. The monoisotopic (exact) mass is 522 g/mol. The minimum absolute atomic E-state index is 0.118. The van der Waals surface area contributed by atoms with Gasteiger partial charge in [0, 0.05) is 23.9 Å². The third-order valence-corrected chi connectivity index (χ3v) is 7.61.